The zero-order chi connectivity index (χ0) is 12.9. The van der Waals surface area contributed by atoms with Crippen molar-refractivity contribution in [3.8, 4) is 0 Å². The van der Waals surface area contributed by atoms with Crippen LogP contribution in [-0.4, -0.2) is 11.4 Å². The third-order valence-electron chi connectivity index (χ3n) is 3.42. The average molecular weight is 244 g/mol. The molecule has 1 saturated heterocycles. The third kappa shape index (κ3) is 1.32. The summed E-state index contributed by atoms with van der Waals surface area (Å²) in [5.74, 6) is -0.282. The minimum atomic E-state index is -0.597. The number of hydrogen-bond donors (Lipinski definition) is 1. The molecule has 0 saturated carbocycles. The molecule has 3 rings (SSSR count). The van der Waals surface area contributed by atoms with Gasteiger partial charge in [-0.3, -0.25) is 15.2 Å². The third-order valence-corrected chi connectivity index (χ3v) is 3.42. The van der Waals surface area contributed by atoms with Crippen LogP contribution in [0.3, 0.4) is 0 Å². The fourth-order valence-corrected chi connectivity index (χ4v) is 2.23. The lowest BCUT2D eigenvalue weighted by Gasteiger charge is -2.48. The predicted octanol–water partition coefficient (Wildman–Crippen LogP) is 2.61. The number of anilines is 1. The molecule has 2 aromatic carbocycles. The fraction of sp³-hybridized carbons (Fsp3) is 0.214. The summed E-state index contributed by atoms with van der Waals surface area (Å²) < 4.78 is 13.7. The standard InChI is InChI=1S/C14H13FN2O/c1-14(2)13(18)16-17(14)12-8-7-11(15)9-5-3-4-6-10(9)12/h3-8H,1-2H3,(H,16,18). The normalized spacial score (nSPS) is 17.5. The van der Waals surface area contributed by atoms with Crippen molar-refractivity contribution >= 4 is 22.4 Å². The van der Waals surface area contributed by atoms with Crippen molar-refractivity contribution in [3.63, 3.8) is 0 Å². The van der Waals surface area contributed by atoms with Crippen LogP contribution in [0.25, 0.3) is 10.8 Å². The highest BCUT2D eigenvalue weighted by Crippen LogP contribution is 2.35. The number of hydrazine groups is 1. The highest BCUT2D eigenvalue weighted by Gasteiger charge is 2.46. The van der Waals surface area contributed by atoms with Crippen LogP contribution < -0.4 is 10.4 Å². The van der Waals surface area contributed by atoms with Crippen LogP contribution in [0, 0.1) is 5.82 Å². The molecule has 1 fully saturated rings. The Morgan fingerprint density at radius 1 is 1.11 bits per heavy atom. The topological polar surface area (TPSA) is 32.3 Å². The molecule has 2 aromatic rings. The molecule has 92 valence electrons. The minimum absolute atomic E-state index is 0.0316. The lowest BCUT2D eigenvalue weighted by atomic mass is 9.96. The molecule has 0 spiro atoms. The Labute approximate surface area is 104 Å². The SMILES string of the molecule is CC1(C)C(=O)NN1c1ccc(F)c2ccccc12. The molecule has 1 aliphatic heterocycles. The van der Waals surface area contributed by atoms with E-state index in [9.17, 15) is 9.18 Å². The summed E-state index contributed by atoms with van der Waals surface area (Å²) in [5.41, 5.74) is 2.95. The van der Waals surface area contributed by atoms with E-state index in [2.05, 4.69) is 5.43 Å². The zero-order valence-corrected chi connectivity index (χ0v) is 10.2. The van der Waals surface area contributed by atoms with E-state index < -0.39 is 5.54 Å². The summed E-state index contributed by atoms with van der Waals surface area (Å²) in [4.78, 5) is 11.5. The van der Waals surface area contributed by atoms with Gasteiger partial charge in [0.05, 0.1) is 5.69 Å². The van der Waals surface area contributed by atoms with Crippen LogP contribution in [0.2, 0.25) is 0 Å². The first kappa shape index (κ1) is 11.0. The molecule has 0 atom stereocenters. The Kier molecular flexibility index (Phi) is 2.11. The number of carbonyl (C=O) groups excluding carboxylic acids is 1. The van der Waals surface area contributed by atoms with E-state index in [1.807, 2.05) is 26.0 Å². The molecule has 1 amide bonds. The Bertz CT molecular complexity index is 651. The maximum absolute atomic E-state index is 13.7. The minimum Gasteiger partial charge on any atom is -0.270 e. The number of halogens is 1. The number of benzene rings is 2. The molecule has 1 N–H and O–H groups in total. The molecule has 1 heterocycles. The molecular weight excluding hydrogens is 231 g/mol. The first-order valence-corrected chi connectivity index (χ1v) is 5.80. The Morgan fingerprint density at radius 3 is 2.39 bits per heavy atom. The van der Waals surface area contributed by atoms with Crippen molar-refractivity contribution in [1.29, 1.82) is 0 Å². The van der Waals surface area contributed by atoms with Gasteiger partial charge < -0.3 is 0 Å². The van der Waals surface area contributed by atoms with Gasteiger partial charge in [0.15, 0.2) is 0 Å². The van der Waals surface area contributed by atoms with Gasteiger partial charge in [0.25, 0.3) is 5.91 Å². The highest BCUT2D eigenvalue weighted by atomic mass is 19.1. The van der Waals surface area contributed by atoms with Crippen molar-refractivity contribution in [3.05, 3.63) is 42.2 Å². The zero-order valence-electron chi connectivity index (χ0n) is 10.2. The summed E-state index contributed by atoms with van der Waals surface area (Å²) in [6.45, 7) is 3.67. The average Bonchev–Trinajstić information content (AvgIpc) is 2.38. The first-order valence-electron chi connectivity index (χ1n) is 5.80. The van der Waals surface area contributed by atoms with Crippen molar-refractivity contribution in [2.45, 2.75) is 19.4 Å². The molecule has 0 aliphatic carbocycles. The van der Waals surface area contributed by atoms with Crippen molar-refractivity contribution in [2.24, 2.45) is 0 Å². The van der Waals surface area contributed by atoms with E-state index in [0.29, 0.717) is 5.39 Å². The second kappa shape index (κ2) is 3.45. The largest absolute Gasteiger partial charge is 0.270 e. The summed E-state index contributed by atoms with van der Waals surface area (Å²) >= 11 is 0. The molecule has 18 heavy (non-hydrogen) atoms. The van der Waals surface area contributed by atoms with E-state index >= 15 is 0 Å². The summed E-state index contributed by atoms with van der Waals surface area (Å²) in [5, 5.41) is 3.13. The van der Waals surface area contributed by atoms with Crippen LogP contribution in [0.1, 0.15) is 13.8 Å². The van der Waals surface area contributed by atoms with Gasteiger partial charge in [-0.15, -0.1) is 0 Å². The van der Waals surface area contributed by atoms with E-state index in [0.717, 1.165) is 11.1 Å². The Morgan fingerprint density at radius 2 is 1.78 bits per heavy atom. The first-order chi connectivity index (χ1) is 8.51. The Hall–Kier alpha value is -2.10. The summed E-state index contributed by atoms with van der Waals surface area (Å²) in [7, 11) is 0. The molecule has 0 radical (unpaired) electrons. The van der Waals surface area contributed by atoms with Crippen LogP contribution >= 0.6 is 0 Å². The lowest BCUT2D eigenvalue weighted by molar-refractivity contribution is -0.132. The maximum Gasteiger partial charge on any atom is 0.265 e. The monoisotopic (exact) mass is 244 g/mol. The van der Waals surface area contributed by atoms with Gasteiger partial charge in [-0.25, -0.2) is 4.39 Å². The van der Waals surface area contributed by atoms with E-state index in [1.54, 1.807) is 23.2 Å². The molecule has 0 aromatic heterocycles. The van der Waals surface area contributed by atoms with E-state index in [1.165, 1.54) is 6.07 Å². The molecular formula is C14H13FN2O. The number of carbonyl (C=O) groups is 1. The lowest BCUT2D eigenvalue weighted by Crippen LogP contribution is -2.73. The number of amides is 1. The predicted molar refractivity (Wildman–Crippen MR) is 68.6 cm³/mol. The van der Waals surface area contributed by atoms with Gasteiger partial charge in [-0.1, -0.05) is 24.3 Å². The number of nitrogens with one attached hydrogen (secondary N) is 1. The fourth-order valence-electron chi connectivity index (χ4n) is 2.23. The Balaban J connectivity index is 2.20. The molecule has 3 nitrogen and oxygen atoms in total. The molecule has 1 aliphatic rings. The molecule has 0 bridgehead atoms. The summed E-state index contributed by atoms with van der Waals surface area (Å²) in [6, 6.07) is 10.4. The van der Waals surface area contributed by atoms with Gasteiger partial charge in [0.1, 0.15) is 11.4 Å². The van der Waals surface area contributed by atoms with Crippen molar-refractivity contribution in [1.82, 2.24) is 5.43 Å². The van der Waals surface area contributed by atoms with E-state index in [4.69, 9.17) is 0 Å². The van der Waals surface area contributed by atoms with Crippen LogP contribution in [0.4, 0.5) is 10.1 Å². The highest BCUT2D eigenvalue weighted by molar-refractivity contribution is 6.03. The number of hydrogen-bond acceptors (Lipinski definition) is 2. The van der Waals surface area contributed by atoms with Crippen molar-refractivity contribution < 1.29 is 9.18 Å². The quantitative estimate of drug-likeness (QED) is 0.836. The van der Waals surface area contributed by atoms with Gasteiger partial charge >= 0.3 is 0 Å². The van der Waals surface area contributed by atoms with Crippen LogP contribution in [-0.2, 0) is 4.79 Å². The van der Waals surface area contributed by atoms with Gasteiger partial charge in [0.2, 0.25) is 0 Å². The second-order valence-electron chi connectivity index (χ2n) is 4.95. The van der Waals surface area contributed by atoms with E-state index in [-0.39, 0.29) is 11.7 Å². The number of nitrogens with zero attached hydrogens (tertiary/aromatic N) is 1. The van der Waals surface area contributed by atoms with Crippen LogP contribution in [0.5, 0.6) is 0 Å². The molecule has 4 heteroatoms. The van der Waals surface area contributed by atoms with Gasteiger partial charge in [0, 0.05) is 10.8 Å². The number of fused-ring (bicyclic) bond motifs is 1. The molecule has 0 unspecified atom stereocenters. The van der Waals surface area contributed by atoms with Gasteiger partial charge in [-0.2, -0.15) is 0 Å². The number of rotatable bonds is 1. The van der Waals surface area contributed by atoms with Crippen LogP contribution in [0.15, 0.2) is 36.4 Å². The second-order valence-corrected chi connectivity index (χ2v) is 4.95. The summed E-state index contributed by atoms with van der Waals surface area (Å²) in [6.07, 6.45) is 0. The van der Waals surface area contributed by atoms with Crippen molar-refractivity contribution in [2.75, 3.05) is 5.01 Å². The van der Waals surface area contributed by atoms with Gasteiger partial charge in [-0.05, 0) is 26.0 Å². The maximum atomic E-state index is 13.7. The smallest absolute Gasteiger partial charge is 0.265 e.